The van der Waals surface area contributed by atoms with Crippen molar-refractivity contribution in [2.75, 3.05) is 11.1 Å². The zero-order valence-electron chi connectivity index (χ0n) is 11.2. The summed E-state index contributed by atoms with van der Waals surface area (Å²) in [5, 5.41) is 18.2. The van der Waals surface area contributed by atoms with Crippen LogP contribution in [0.5, 0.6) is 0 Å². The maximum atomic E-state index is 11.1. The molecular weight excluding hydrogens is 278 g/mol. The first-order chi connectivity index (χ1) is 9.47. The Hall–Kier alpha value is -2.22. The van der Waals surface area contributed by atoms with Gasteiger partial charge in [0, 0.05) is 6.04 Å². The highest BCUT2D eigenvalue weighted by atomic mass is 32.1. The van der Waals surface area contributed by atoms with Gasteiger partial charge in [0.25, 0.3) is 0 Å². The number of nitro groups is 1. The lowest BCUT2D eigenvalue weighted by atomic mass is 10.1. The Bertz CT molecular complexity index is 615. The third-order valence-electron chi connectivity index (χ3n) is 2.76. The predicted octanol–water partition coefficient (Wildman–Crippen LogP) is 2.38. The van der Waals surface area contributed by atoms with Crippen LogP contribution in [0.1, 0.15) is 18.2 Å². The van der Waals surface area contributed by atoms with E-state index in [1.165, 1.54) is 5.56 Å². The molecule has 1 atom stereocenters. The second-order valence-electron chi connectivity index (χ2n) is 4.50. The molecule has 0 spiro atoms. The molecule has 2 rings (SSSR count). The summed E-state index contributed by atoms with van der Waals surface area (Å²) >= 11 is 1.62. The molecule has 1 unspecified atom stereocenters. The van der Waals surface area contributed by atoms with Gasteiger partial charge in [0.15, 0.2) is 0 Å². The zero-order valence-corrected chi connectivity index (χ0v) is 12.0. The minimum absolute atomic E-state index is 0.00278. The van der Waals surface area contributed by atoms with Crippen LogP contribution >= 0.6 is 11.3 Å². The largest absolute Gasteiger partial charge is 0.368 e. The van der Waals surface area contributed by atoms with Gasteiger partial charge in [-0.2, -0.15) is 16.3 Å². The Morgan fingerprint density at radius 3 is 2.90 bits per heavy atom. The number of aryl methyl sites for hydroxylation is 1. The number of thiophene rings is 1. The monoisotopic (exact) mass is 293 g/mol. The van der Waals surface area contributed by atoms with Crippen molar-refractivity contribution in [2.45, 2.75) is 26.3 Å². The summed E-state index contributed by atoms with van der Waals surface area (Å²) in [5.41, 5.74) is 6.86. The summed E-state index contributed by atoms with van der Waals surface area (Å²) in [6, 6.07) is 2.02. The fourth-order valence-corrected chi connectivity index (χ4v) is 2.64. The fraction of sp³-hybridized carbons (Fsp3) is 0.333. The van der Waals surface area contributed by atoms with E-state index in [0.717, 1.165) is 6.42 Å². The van der Waals surface area contributed by atoms with Crippen LogP contribution in [0.25, 0.3) is 0 Å². The van der Waals surface area contributed by atoms with Crippen molar-refractivity contribution in [1.82, 2.24) is 9.97 Å². The molecule has 2 heterocycles. The first kappa shape index (κ1) is 14.2. The van der Waals surface area contributed by atoms with Gasteiger partial charge in [0.05, 0.1) is 4.92 Å². The summed E-state index contributed by atoms with van der Waals surface area (Å²) in [4.78, 5) is 18.4. The van der Waals surface area contributed by atoms with Gasteiger partial charge in [0.1, 0.15) is 5.69 Å². The van der Waals surface area contributed by atoms with Crippen molar-refractivity contribution in [3.8, 4) is 0 Å². The number of aromatic nitrogens is 2. The van der Waals surface area contributed by atoms with E-state index in [1.807, 2.05) is 23.8 Å². The average molecular weight is 293 g/mol. The third-order valence-corrected chi connectivity index (χ3v) is 3.50. The molecule has 106 valence electrons. The highest BCUT2D eigenvalue weighted by Gasteiger charge is 2.22. The van der Waals surface area contributed by atoms with Gasteiger partial charge < -0.3 is 11.1 Å². The second kappa shape index (κ2) is 5.83. The van der Waals surface area contributed by atoms with Gasteiger partial charge in [-0.1, -0.05) is 0 Å². The van der Waals surface area contributed by atoms with Crippen LogP contribution in [-0.4, -0.2) is 20.9 Å². The molecule has 2 aromatic heterocycles. The Labute approximate surface area is 120 Å². The standard InChI is InChI=1S/C12H15N5O2S/c1-7(5-9-3-4-20-6-9)14-11-10(17(18)19)8(2)15-12(13)16-11/h3-4,6-7H,5H2,1-2H3,(H3,13,14,15,16). The molecule has 7 nitrogen and oxygen atoms in total. The van der Waals surface area contributed by atoms with Gasteiger partial charge in [-0.25, -0.2) is 4.98 Å². The molecule has 8 heteroatoms. The zero-order chi connectivity index (χ0) is 14.7. The Morgan fingerprint density at radius 2 is 2.30 bits per heavy atom. The van der Waals surface area contributed by atoms with Crippen molar-refractivity contribution in [3.05, 3.63) is 38.2 Å². The van der Waals surface area contributed by atoms with Crippen LogP contribution in [0.2, 0.25) is 0 Å². The minimum atomic E-state index is -0.492. The second-order valence-corrected chi connectivity index (χ2v) is 5.28. The molecule has 0 saturated carbocycles. The van der Waals surface area contributed by atoms with Gasteiger partial charge >= 0.3 is 5.69 Å². The van der Waals surface area contributed by atoms with Crippen LogP contribution < -0.4 is 11.1 Å². The maximum absolute atomic E-state index is 11.1. The van der Waals surface area contributed by atoms with Crippen molar-refractivity contribution < 1.29 is 4.92 Å². The Morgan fingerprint density at radius 1 is 1.55 bits per heavy atom. The quantitative estimate of drug-likeness (QED) is 0.647. The number of hydrogen-bond donors (Lipinski definition) is 2. The fourth-order valence-electron chi connectivity index (χ4n) is 1.95. The number of hydrogen-bond acceptors (Lipinski definition) is 7. The molecule has 20 heavy (non-hydrogen) atoms. The van der Waals surface area contributed by atoms with Crippen molar-refractivity contribution >= 4 is 28.8 Å². The summed E-state index contributed by atoms with van der Waals surface area (Å²) in [6.45, 7) is 3.49. The molecule has 0 radical (unpaired) electrons. The Balaban J connectivity index is 2.21. The number of nitrogens with one attached hydrogen (secondary N) is 1. The van der Waals surface area contributed by atoms with E-state index < -0.39 is 4.92 Å². The number of rotatable bonds is 5. The highest BCUT2D eigenvalue weighted by molar-refractivity contribution is 7.07. The molecule has 0 amide bonds. The van der Waals surface area contributed by atoms with Crippen molar-refractivity contribution in [3.63, 3.8) is 0 Å². The van der Waals surface area contributed by atoms with E-state index in [2.05, 4.69) is 15.3 Å². The minimum Gasteiger partial charge on any atom is -0.368 e. The molecule has 0 bridgehead atoms. The molecule has 0 fully saturated rings. The molecule has 0 aromatic carbocycles. The lowest BCUT2D eigenvalue weighted by Crippen LogP contribution is -2.20. The summed E-state index contributed by atoms with van der Waals surface area (Å²) in [7, 11) is 0. The molecule has 0 aliphatic rings. The summed E-state index contributed by atoms with van der Waals surface area (Å²) in [5.74, 6) is 0.195. The van der Waals surface area contributed by atoms with E-state index in [-0.39, 0.29) is 29.2 Å². The van der Waals surface area contributed by atoms with Crippen molar-refractivity contribution in [1.29, 1.82) is 0 Å². The SMILES string of the molecule is Cc1nc(N)nc(NC(C)Cc2ccsc2)c1[N+](=O)[O-]. The summed E-state index contributed by atoms with van der Waals surface area (Å²) in [6.07, 6.45) is 0.754. The van der Waals surface area contributed by atoms with E-state index in [4.69, 9.17) is 5.73 Å². The van der Waals surface area contributed by atoms with Gasteiger partial charge in [0.2, 0.25) is 11.8 Å². The summed E-state index contributed by atoms with van der Waals surface area (Å²) < 4.78 is 0. The van der Waals surface area contributed by atoms with Crippen LogP contribution in [0.3, 0.4) is 0 Å². The van der Waals surface area contributed by atoms with Crippen molar-refractivity contribution in [2.24, 2.45) is 0 Å². The van der Waals surface area contributed by atoms with Crippen LogP contribution in [0.15, 0.2) is 16.8 Å². The maximum Gasteiger partial charge on any atom is 0.332 e. The molecular formula is C12H15N5O2S. The van der Waals surface area contributed by atoms with E-state index in [0.29, 0.717) is 0 Å². The number of nitrogens with two attached hydrogens (primary N) is 1. The first-order valence-corrected chi connectivity index (χ1v) is 6.97. The molecule has 0 aliphatic heterocycles. The predicted molar refractivity (Wildman–Crippen MR) is 78.9 cm³/mol. The lowest BCUT2D eigenvalue weighted by molar-refractivity contribution is -0.385. The normalized spacial score (nSPS) is 12.1. The first-order valence-electron chi connectivity index (χ1n) is 6.03. The number of anilines is 2. The average Bonchev–Trinajstić information content (AvgIpc) is 2.79. The van der Waals surface area contributed by atoms with Gasteiger partial charge in [-0.3, -0.25) is 10.1 Å². The van der Waals surface area contributed by atoms with Gasteiger partial charge in [-0.05, 0) is 42.7 Å². The van der Waals surface area contributed by atoms with E-state index in [9.17, 15) is 10.1 Å². The molecule has 0 aliphatic carbocycles. The smallest absolute Gasteiger partial charge is 0.332 e. The highest BCUT2D eigenvalue weighted by Crippen LogP contribution is 2.26. The Kier molecular flexibility index (Phi) is 4.14. The van der Waals surface area contributed by atoms with E-state index >= 15 is 0 Å². The lowest BCUT2D eigenvalue weighted by Gasteiger charge is -2.14. The van der Waals surface area contributed by atoms with Crippen LogP contribution in [0, 0.1) is 17.0 Å². The van der Waals surface area contributed by atoms with Crippen LogP contribution in [0.4, 0.5) is 17.5 Å². The molecule has 2 aromatic rings. The number of nitrogen functional groups attached to an aromatic ring is 1. The van der Waals surface area contributed by atoms with Gasteiger partial charge in [-0.15, -0.1) is 0 Å². The topological polar surface area (TPSA) is 107 Å². The molecule has 3 N–H and O–H groups in total. The van der Waals surface area contributed by atoms with E-state index in [1.54, 1.807) is 18.3 Å². The third kappa shape index (κ3) is 3.21. The molecule has 0 saturated heterocycles. The van der Waals surface area contributed by atoms with Crippen LogP contribution in [-0.2, 0) is 6.42 Å². The number of nitrogens with zero attached hydrogens (tertiary/aromatic N) is 3.